The highest BCUT2D eigenvalue weighted by molar-refractivity contribution is 7.16. The predicted octanol–water partition coefficient (Wildman–Crippen LogP) is 4.03. The summed E-state index contributed by atoms with van der Waals surface area (Å²) in [4.78, 5) is 27.1. The summed E-state index contributed by atoms with van der Waals surface area (Å²) >= 11 is 7.37. The Hall–Kier alpha value is -2.38. The Kier molecular flexibility index (Phi) is 5.29. The molecule has 3 aromatic rings. The lowest BCUT2D eigenvalue weighted by atomic mass is 10.2. The number of aromatic nitrogens is 2. The van der Waals surface area contributed by atoms with E-state index in [1.54, 1.807) is 18.3 Å². The Morgan fingerprint density at radius 1 is 1.42 bits per heavy atom. The summed E-state index contributed by atoms with van der Waals surface area (Å²) in [6, 6.07) is 7.21. The second-order valence-corrected chi connectivity index (χ2v) is 7.33. The number of benzene rings is 1. The van der Waals surface area contributed by atoms with Crippen LogP contribution in [0.5, 0.6) is 5.75 Å². The molecule has 136 valence electrons. The van der Waals surface area contributed by atoms with Crippen LogP contribution in [0.25, 0.3) is 10.2 Å². The monoisotopic (exact) mass is 392 g/mol. The fourth-order valence-electron chi connectivity index (χ4n) is 2.54. The number of aryl methyl sites for hydroxylation is 2. The van der Waals surface area contributed by atoms with E-state index in [9.17, 15) is 9.59 Å². The van der Waals surface area contributed by atoms with Gasteiger partial charge in [0.2, 0.25) is 0 Å². The van der Waals surface area contributed by atoms with E-state index in [0.29, 0.717) is 21.0 Å². The van der Waals surface area contributed by atoms with Crippen LogP contribution in [0.15, 0.2) is 35.3 Å². The molecule has 0 saturated carbocycles. The first-order valence-electron chi connectivity index (χ1n) is 7.99. The van der Waals surface area contributed by atoms with Gasteiger partial charge in [0.25, 0.3) is 0 Å². The maximum atomic E-state index is 12.1. The average Bonchev–Trinajstić information content (AvgIpc) is 2.88. The van der Waals surface area contributed by atoms with Gasteiger partial charge in [-0.25, -0.2) is 0 Å². The van der Waals surface area contributed by atoms with E-state index in [1.807, 2.05) is 26.0 Å². The van der Waals surface area contributed by atoms with E-state index in [1.165, 1.54) is 4.57 Å². The maximum Gasteiger partial charge on any atom is 0.308 e. The van der Waals surface area contributed by atoms with Gasteiger partial charge in [-0.05, 0) is 31.5 Å². The lowest BCUT2D eigenvalue weighted by molar-refractivity contribution is -0.137. The largest absolute Gasteiger partial charge is 0.483 e. The van der Waals surface area contributed by atoms with Crippen LogP contribution in [0.2, 0.25) is 5.02 Å². The van der Waals surface area contributed by atoms with Gasteiger partial charge in [0.15, 0.2) is 0 Å². The molecule has 0 aliphatic heterocycles. The molecule has 0 bridgehead atoms. The SMILES string of the molecule is Cc1ccc(C(C)Oc2cc3sc(=O)n(CCC(=O)O)c3cc2Cl)nc1. The minimum Gasteiger partial charge on any atom is -0.483 e. The van der Waals surface area contributed by atoms with Crippen molar-refractivity contribution < 1.29 is 14.6 Å². The highest BCUT2D eigenvalue weighted by atomic mass is 35.5. The standard InChI is InChI=1S/C18H17ClN2O4S/c1-10-3-4-13(20-9-10)11(2)25-15-8-16-14(7-12(15)19)21(18(24)26-16)6-5-17(22)23/h3-4,7-9,11H,5-6H2,1-2H3,(H,22,23). The van der Waals surface area contributed by atoms with Crippen molar-refractivity contribution >= 4 is 39.1 Å². The Bertz CT molecular complexity index is 1010. The first kappa shape index (κ1) is 18.4. The first-order valence-corrected chi connectivity index (χ1v) is 9.18. The van der Waals surface area contributed by atoms with Crippen molar-refractivity contribution in [2.45, 2.75) is 32.9 Å². The lowest BCUT2D eigenvalue weighted by Crippen LogP contribution is -2.15. The zero-order valence-electron chi connectivity index (χ0n) is 14.2. The Labute approximate surface area is 158 Å². The molecule has 1 aromatic carbocycles. The number of aliphatic carboxylic acids is 1. The minimum atomic E-state index is -0.957. The van der Waals surface area contributed by atoms with Gasteiger partial charge < -0.3 is 9.84 Å². The van der Waals surface area contributed by atoms with E-state index in [0.717, 1.165) is 22.6 Å². The van der Waals surface area contributed by atoms with E-state index in [2.05, 4.69) is 4.98 Å². The van der Waals surface area contributed by atoms with Crippen LogP contribution in [0.1, 0.15) is 30.7 Å². The molecule has 1 N–H and O–H groups in total. The van der Waals surface area contributed by atoms with Gasteiger partial charge in [0.05, 0.1) is 27.4 Å². The van der Waals surface area contributed by atoms with Crippen molar-refractivity contribution in [3.05, 3.63) is 56.4 Å². The van der Waals surface area contributed by atoms with Crippen molar-refractivity contribution in [2.24, 2.45) is 0 Å². The zero-order valence-corrected chi connectivity index (χ0v) is 15.8. The molecule has 2 heterocycles. The normalized spacial score (nSPS) is 12.3. The molecule has 1 atom stereocenters. The number of hydrogen-bond donors (Lipinski definition) is 1. The molecule has 0 saturated heterocycles. The number of hydrogen-bond acceptors (Lipinski definition) is 5. The Morgan fingerprint density at radius 3 is 2.85 bits per heavy atom. The third kappa shape index (κ3) is 3.89. The van der Waals surface area contributed by atoms with Crippen LogP contribution < -0.4 is 9.61 Å². The van der Waals surface area contributed by atoms with Crippen molar-refractivity contribution in [3.8, 4) is 5.75 Å². The van der Waals surface area contributed by atoms with E-state index >= 15 is 0 Å². The number of carbonyl (C=O) groups is 1. The highest BCUT2D eigenvalue weighted by Gasteiger charge is 2.16. The van der Waals surface area contributed by atoms with Gasteiger partial charge in [-0.1, -0.05) is 29.0 Å². The Balaban J connectivity index is 1.90. The fraction of sp³-hybridized carbons (Fsp3) is 0.278. The number of halogens is 1. The van der Waals surface area contributed by atoms with Crippen LogP contribution in [-0.4, -0.2) is 20.6 Å². The number of carboxylic acids is 1. The number of fused-ring (bicyclic) bond motifs is 1. The summed E-state index contributed by atoms with van der Waals surface area (Å²) in [5.41, 5.74) is 2.45. The lowest BCUT2D eigenvalue weighted by Gasteiger charge is -2.15. The van der Waals surface area contributed by atoms with Crippen LogP contribution in [-0.2, 0) is 11.3 Å². The molecular weight excluding hydrogens is 376 g/mol. The second-order valence-electron chi connectivity index (χ2n) is 5.93. The zero-order chi connectivity index (χ0) is 18.8. The van der Waals surface area contributed by atoms with E-state index < -0.39 is 5.97 Å². The number of nitrogens with zero attached hydrogens (tertiary/aromatic N) is 2. The number of thiazole rings is 1. The molecule has 0 aliphatic rings. The summed E-state index contributed by atoms with van der Waals surface area (Å²) in [5, 5.41) is 9.19. The number of ether oxygens (including phenoxy) is 1. The second kappa shape index (κ2) is 7.47. The molecule has 2 aromatic heterocycles. The Morgan fingerprint density at radius 2 is 2.19 bits per heavy atom. The molecule has 0 spiro atoms. The third-order valence-electron chi connectivity index (χ3n) is 3.93. The smallest absolute Gasteiger partial charge is 0.308 e. The molecule has 0 amide bonds. The topological polar surface area (TPSA) is 81.4 Å². The molecule has 0 radical (unpaired) electrons. The molecule has 8 heteroatoms. The third-order valence-corrected chi connectivity index (χ3v) is 5.16. The van der Waals surface area contributed by atoms with Gasteiger partial charge in [-0.3, -0.25) is 19.1 Å². The molecule has 0 aliphatic carbocycles. The van der Waals surface area contributed by atoms with Crippen LogP contribution >= 0.6 is 22.9 Å². The maximum absolute atomic E-state index is 12.1. The van der Waals surface area contributed by atoms with Crippen molar-refractivity contribution in [3.63, 3.8) is 0 Å². The minimum absolute atomic E-state index is 0.106. The van der Waals surface area contributed by atoms with Gasteiger partial charge in [0.1, 0.15) is 11.9 Å². The van der Waals surface area contributed by atoms with E-state index in [-0.39, 0.29) is 23.9 Å². The van der Waals surface area contributed by atoms with Crippen LogP contribution in [0.3, 0.4) is 0 Å². The summed E-state index contributed by atoms with van der Waals surface area (Å²) in [7, 11) is 0. The predicted molar refractivity (Wildman–Crippen MR) is 101 cm³/mol. The summed E-state index contributed by atoms with van der Waals surface area (Å²) in [6.45, 7) is 3.94. The quantitative estimate of drug-likeness (QED) is 0.684. The summed E-state index contributed by atoms with van der Waals surface area (Å²) < 4.78 is 8.06. The van der Waals surface area contributed by atoms with Crippen molar-refractivity contribution in [1.29, 1.82) is 0 Å². The summed E-state index contributed by atoms with van der Waals surface area (Å²) in [5.74, 6) is -0.498. The van der Waals surface area contributed by atoms with Crippen LogP contribution in [0, 0.1) is 6.92 Å². The molecule has 26 heavy (non-hydrogen) atoms. The van der Waals surface area contributed by atoms with Gasteiger partial charge in [-0.15, -0.1) is 0 Å². The number of rotatable bonds is 6. The number of carboxylic acid groups (broad SMARTS) is 1. The van der Waals surface area contributed by atoms with Crippen LogP contribution in [0.4, 0.5) is 0 Å². The van der Waals surface area contributed by atoms with Gasteiger partial charge in [0, 0.05) is 18.8 Å². The highest BCUT2D eigenvalue weighted by Crippen LogP contribution is 2.34. The molecule has 0 fully saturated rings. The van der Waals surface area contributed by atoms with Gasteiger partial charge in [-0.2, -0.15) is 0 Å². The number of pyridine rings is 1. The van der Waals surface area contributed by atoms with Gasteiger partial charge >= 0.3 is 10.8 Å². The molecule has 1 unspecified atom stereocenters. The molecular formula is C18H17ClN2O4S. The average molecular weight is 393 g/mol. The van der Waals surface area contributed by atoms with Crippen molar-refractivity contribution in [2.75, 3.05) is 0 Å². The van der Waals surface area contributed by atoms with Crippen molar-refractivity contribution in [1.82, 2.24) is 9.55 Å². The summed E-state index contributed by atoms with van der Waals surface area (Å²) in [6.07, 6.45) is 1.34. The first-order chi connectivity index (χ1) is 12.3. The van der Waals surface area contributed by atoms with E-state index in [4.69, 9.17) is 21.4 Å². The molecule has 6 nitrogen and oxygen atoms in total. The molecule has 3 rings (SSSR count). The fourth-order valence-corrected chi connectivity index (χ4v) is 3.67.